The van der Waals surface area contributed by atoms with Crippen LogP contribution in [-0.2, 0) is 14.3 Å². The number of aromatic hydroxyl groups is 1. The third-order valence-corrected chi connectivity index (χ3v) is 7.73. The van der Waals surface area contributed by atoms with Crippen LogP contribution in [0.4, 0.5) is 0 Å². The van der Waals surface area contributed by atoms with E-state index in [0.29, 0.717) is 51.2 Å². The molecule has 0 radical (unpaired) electrons. The van der Waals surface area contributed by atoms with Crippen molar-refractivity contribution in [3.8, 4) is 11.5 Å². The molecule has 1 aliphatic heterocycles. The van der Waals surface area contributed by atoms with Crippen LogP contribution in [0.3, 0.4) is 0 Å². The molecule has 0 saturated heterocycles. The third kappa shape index (κ3) is 5.04. The van der Waals surface area contributed by atoms with Gasteiger partial charge in [0.2, 0.25) is 0 Å². The van der Waals surface area contributed by atoms with Gasteiger partial charge in [-0.15, -0.1) is 0 Å². The Hall–Kier alpha value is -2.77. The van der Waals surface area contributed by atoms with E-state index in [0.717, 1.165) is 11.3 Å². The van der Waals surface area contributed by atoms with E-state index in [2.05, 4.69) is 21.2 Å². The van der Waals surface area contributed by atoms with Gasteiger partial charge in [-0.2, -0.15) is 0 Å². The summed E-state index contributed by atoms with van der Waals surface area (Å²) < 4.78 is 11.5. The van der Waals surface area contributed by atoms with Gasteiger partial charge < -0.3 is 19.9 Å². The van der Waals surface area contributed by atoms with Gasteiger partial charge in [0.1, 0.15) is 0 Å². The Morgan fingerprint density at radius 2 is 1.92 bits per heavy atom. The quantitative estimate of drug-likeness (QED) is 0.382. The molecule has 0 saturated carbocycles. The van der Waals surface area contributed by atoms with E-state index < -0.39 is 11.9 Å². The van der Waals surface area contributed by atoms with Crippen LogP contribution in [0.25, 0.3) is 0 Å². The number of carbonyl (C=O) groups is 2. The summed E-state index contributed by atoms with van der Waals surface area (Å²) in [4.78, 5) is 27.1. The third-order valence-electron chi connectivity index (χ3n) is 6.88. The van der Waals surface area contributed by atoms with Crippen molar-refractivity contribution in [2.24, 2.45) is 0 Å². The molecule has 6 nitrogen and oxygen atoms in total. The number of benzene rings is 2. The van der Waals surface area contributed by atoms with Crippen LogP contribution in [0, 0.1) is 0 Å². The lowest BCUT2D eigenvalue weighted by Crippen LogP contribution is -2.36. The van der Waals surface area contributed by atoms with Gasteiger partial charge in [-0.25, -0.2) is 4.79 Å². The number of methoxy groups -OCH3 is 1. The second-order valence-corrected chi connectivity index (χ2v) is 10.5. The highest BCUT2D eigenvalue weighted by molar-refractivity contribution is 9.10. The smallest absolute Gasteiger partial charge is 0.337 e. The maximum atomic E-state index is 13.7. The average molecular weight is 575 g/mol. The summed E-state index contributed by atoms with van der Waals surface area (Å²) in [5.41, 5.74) is 4.04. The SMILES string of the molecule is CC[C@@H](C)OC(=O)C1=C(C)NC2=C(C(=O)C[C@H](c3ccc(Cl)cc3)C2)[C@@H]1c1cc(Br)c(O)c(OC)c1. The predicted molar refractivity (Wildman–Crippen MR) is 142 cm³/mol. The molecule has 0 spiro atoms. The number of halogens is 2. The fourth-order valence-electron chi connectivity index (χ4n) is 4.86. The molecule has 1 heterocycles. The van der Waals surface area contributed by atoms with Gasteiger partial charge in [-0.1, -0.05) is 30.7 Å². The van der Waals surface area contributed by atoms with Crippen molar-refractivity contribution in [2.45, 2.75) is 58.0 Å². The Morgan fingerprint density at radius 1 is 1.22 bits per heavy atom. The van der Waals surface area contributed by atoms with Crippen LogP contribution in [-0.4, -0.2) is 30.1 Å². The molecule has 0 bridgehead atoms. The molecule has 0 aromatic heterocycles. The lowest BCUT2D eigenvalue weighted by atomic mass is 9.71. The van der Waals surface area contributed by atoms with Gasteiger partial charge in [0.05, 0.1) is 23.3 Å². The van der Waals surface area contributed by atoms with Gasteiger partial charge >= 0.3 is 5.97 Å². The van der Waals surface area contributed by atoms with E-state index in [1.54, 1.807) is 12.1 Å². The number of carbonyl (C=O) groups excluding carboxylic acids is 2. The highest BCUT2D eigenvalue weighted by Crippen LogP contribution is 2.48. The first kappa shape index (κ1) is 26.3. The average Bonchev–Trinajstić information content (AvgIpc) is 2.84. The van der Waals surface area contributed by atoms with Crippen LogP contribution >= 0.6 is 27.5 Å². The lowest BCUT2D eigenvalue weighted by molar-refractivity contribution is -0.144. The number of esters is 1. The van der Waals surface area contributed by atoms with Crippen molar-refractivity contribution in [3.05, 3.63) is 79.6 Å². The monoisotopic (exact) mass is 573 g/mol. The number of dihydropyridines is 1. The van der Waals surface area contributed by atoms with Gasteiger partial charge in [0.15, 0.2) is 17.3 Å². The van der Waals surface area contributed by atoms with E-state index in [4.69, 9.17) is 21.1 Å². The van der Waals surface area contributed by atoms with Crippen molar-refractivity contribution in [3.63, 3.8) is 0 Å². The minimum atomic E-state index is -0.665. The minimum absolute atomic E-state index is 0.0100. The zero-order chi connectivity index (χ0) is 26.1. The second kappa shape index (κ2) is 10.7. The van der Waals surface area contributed by atoms with Gasteiger partial charge in [-0.05, 0) is 83.9 Å². The molecule has 8 heteroatoms. The van der Waals surface area contributed by atoms with E-state index in [-0.39, 0.29) is 29.3 Å². The molecular formula is C28H29BrClNO5. The number of ketones is 1. The van der Waals surface area contributed by atoms with Crippen molar-refractivity contribution >= 4 is 39.3 Å². The summed E-state index contributed by atoms with van der Waals surface area (Å²) >= 11 is 9.45. The minimum Gasteiger partial charge on any atom is -0.503 e. The molecule has 3 atom stereocenters. The van der Waals surface area contributed by atoms with Crippen LogP contribution < -0.4 is 10.1 Å². The number of hydrogen-bond donors (Lipinski definition) is 2. The Bertz CT molecular complexity index is 1270. The summed E-state index contributed by atoms with van der Waals surface area (Å²) in [6.07, 6.45) is 1.32. The summed E-state index contributed by atoms with van der Waals surface area (Å²) in [6, 6.07) is 11.0. The molecular weight excluding hydrogens is 546 g/mol. The highest BCUT2D eigenvalue weighted by atomic mass is 79.9. The van der Waals surface area contributed by atoms with E-state index in [1.807, 2.05) is 45.0 Å². The maximum absolute atomic E-state index is 13.7. The molecule has 2 aromatic carbocycles. The van der Waals surface area contributed by atoms with Gasteiger partial charge in [-0.3, -0.25) is 4.79 Å². The number of ether oxygens (including phenoxy) is 2. The summed E-state index contributed by atoms with van der Waals surface area (Å²) in [5.74, 6) is -0.993. The van der Waals surface area contributed by atoms with Crippen molar-refractivity contribution < 1.29 is 24.2 Å². The fourth-order valence-corrected chi connectivity index (χ4v) is 5.44. The topological polar surface area (TPSA) is 84.9 Å². The molecule has 0 unspecified atom stereocenters. The Morgan fingerprint density at radius 3 is 2.56 bits per heavy atom. The molecule has 190 valence electrons. The van der Waals surface area contributed by atoms with E-state index in [9.17, 15) is 14.7 Å². The number of allylic oxidation sites excluding steroid dienone is 3. The zero-order valence-corrected chi connectivity index (χ0v) is 23.0. The van der Waals surface area contributed by atoms with Crippen molar-refractivity contribution in [2.75, 3.05) is 7.11 Å². The first-order valence-corrected chi connectivity index (χ1v) is 13.1. The first-order chi connectivity index (χ1) is 17.1. The predicted octanol–water partition coefficient (Wildman–Crippen LogP) is 6.52. The molecule has 2 aromatic rings. The standard InChI is InChI=1S/C28H29BrClNO5/c1-5-14(2)36-28(34)24-15(3)31-21-11-17(16-6-8-19(30)9-7-16)12-22(32)26(21)25(24)18-10-20(29)27(33)23(13-18)35-4/h6-10,13-14,17,25,31,33H,5,11-12H2,1-4H3/t14-,17-,25-/m1/s1. The molecule has 1 aliphatic carbocycles. The van der Waals surface area contributed by atoms with Crippen LogP contribution in [0.15, 0.2) is 63.4 Å². The molecule has 2 aliphatic rings. The normalized spacial score (nSPS) is 20.6. The molecule has 4 rings (SSSR count). The Labute approximate surface area is 224 Å². The summed E-state index contributed by atoms with van der Waals surface area (Å²) in [7, 11) is 1.46. The highest BCUT2D eigenvalue weighted by Gasteiger charge is 2.42. The van der Waals surface area contributed by atoms with Crippen molar-refractivity contribution in [1.29, 1.82) is 0 Å². The fraction of sp³-hybridized carbons (Fsp3) is 0.357. The zero-order valence-electron chi connectivity index (χ0n) is 20.7. The number of Topliss-reactive ketones (excluding diaryl/α,β-unsaturated/α-hetero) is 1. The number of phenols is 1. The first-order valence-electron chi connectivity index (χ1n) is 11.9. The largest absolute Gasteiger partial charge is 0.503 e. The lowest BCUT2D eigenvalue weighted by Gasteiger charge is -2.37. The number of rotatable bonds is 6. The maximum Gasteiger partial charge on any atom is 0.337 e. The summed E-state index contributed by atoms with van der Waals surface area (Å²) in [5, 5.41) is 14.4. The van der Waals surface area contributed by atoms with E-state index >= 15 is 0 Å². The van der Waals surface area contributed by atoms with Crippen LogP contribution in [0.2, 0.25) is 5.02 Å². The van der Waals surface area contributed by atoms with E-state index in [1.165, 1.54) is 7.11 Å². The van der Waals surface area contributed by atoms with Crippen LogP contribution in [0.1, 0.15) is 63.0 Å². The van der Waals surface area contributed by atoms with Crippen molar-refractivity contribution in [1.82, 2.24) is 5.32 Å². The Kier molecular flexibility index (Phi) is 7.81. The molecule has 2 N–H and O–H groups in total. The Balaban J connectivity index is 1.84. The number of phenolic OH excluding ortho intramolecular Hbond substituents is 1. The van der Waals surface area contributed by atoms with Gasteiger partial charge in [0.25, 0.3) is 0 Å². The number of hydrogen-bond acceptors (Lipinski definition) is 6. The second-order valence-electron chi connectivity index (χ2n) is 9.25. The van der Waals surface area contributed by atoms with Crippen LogP contribution in [0.5, 0.6) is 11.5 Å². The molecule has 0 fully saturated rings. The number of nitrogens with one attached hydrogen (secondary N) is 1. The molecule has 0 amide bonds. The summed E-state index contributed by atoms with van der Waals surface area (Å²) in [6.45, 7) is 5.61. The molecule has 36 heavy (non-hydrogen) atoms. The van der Waals surface area contributed by atoms with Gasteiger partial charge in [0, 0.05) is 34.3 Å².